The van der Waals surface area contributed by atoms with Gasteiger partial charge in [-0.3, -0.25) is 0 Å². The third-order valence-corrected chi connectivity index (χ3v) is 3.61. The lowest BCUT2D eigenvalue weighted by Crippen LogP contribution is -2.04. The molecule has 70 valence electrons. The van der Waals surface area contributed by atoms with Crippen molar-refractivity contribution in [1.29, 1.82) is 0 Å². The maximum Gasteiger partial charge on any atom is 0.0104 e. The van der Waals surface area contributed by atoms with Crippen LogP contribution in [-0.4, -0.2) is 12.3 Å². The molecule has 1 aromatic carbocycles. The lowest BCUT2D eigenvalue weighted by atomic mass is 10.0. The van der Waals surface area contributed by atoms with Gasteiger partial charge in [0.25, 0.3) is 0 Å². The van der Waals surface area contributed by atoms with Crippen LogP contribution in [0, 0.1) is 0 Å². The minimum absolute atomic E-state index is 0.756. The molecule has 1 heterocycles. The Hall–Kier alpha value is -0.470. The zero-order valence-corrected chi connectivity index (χ0v) is 8.57. The molecule has 0 amide bonds. The van der Waals surface area contributed by atoms with Crippen LogP contribution in [0.3, 0.4) is 0 Å². The van der Waals surface area contributed by atoms with E-state index in [1.165, 1.54) is 34.6 Å². The highest BCUT2D eigenvalue weighted by Gasteiger charge is 2.09. The number of thioether (sulfide) groups is 1. The van der Waals surface area contributed by atoms with E-state index in [0.29, 0.717) is 0 Å². The predicted molar refractivity (Wildman–Crippen MR) is 58.2 cm³/mol. The first-order chi connectivity index (χ1) is 6.40. The second-order valence-electron chi connectivity index (χ2n) is 3.43. The Bertz CT molecular complexity index is 296. The van der Waals surface area contributed by atoms with Crippen LogP contribution in [0.4, 0.5) is 0 Å². The topological polar surface area (TPSA) is 26.0 Å². The molecular formula is C11H15NS. The second kappa shape index (κ2) is 4.16. The van der Waals surface area contributed by atoms with Gasteiger partial charge in [-0.1, -0.05) is 12.1 Å². The Kier molecular flexibility index (Phi) is 2.91. The van der Waals surface area contributed by atoms with Gasteiger partial charge < -0.3 is 5.73 Å². The van der Waals surface area contributed by atoms with Gasteiger partial charge in [-0.05, 0) is 48.8 Å². The van der Waals surface area contributed by atoms with Crippen molar-refractivity contribution in [2.24, 2.45) is 5.73 Å². The molecule has 0 saturated heterocycles. The van der Waals surface area contributed by atoms with Gasteiger partial charge in [0.1, 0.15) is 0 Å². The lowest BCUT2D eigenvalue weighted by Gasteiger charge is -2.15. The minimum Gasteiger partial charge on any atom is -0.330 e. The number of aryl methyl sites for hydroxylation is 1. The fraction of sp³-hybridized carbons (Fsp3) is 0.455. The van der Waals surface area contributed by atoms with Crippen molar-refractivity contribution in [3.8, 4) is 0 Å². The number of rotatable bonds is 2. The Morgan fingerprint density at radius 2 is 2.31 bits per heavy atom. The predicted octanol–water partition coefficient (Wildman–Crippen LogP) is 2.23. The molecule has 1 aromatic rings. The maximum atomic E-state index is 5.53. The molecular weight excluding hydrogens is 178 g/mol. The number of hydrogen-bond donors (Lipinski definition) is 1. The summed E-state index contributed by atoms with van der Waals surface area (Å²) in [5.41, 5.74) is 8.45. The van der Waals surface area contributed by atoms with Gasteiger partial charge in [-0.25, -0.2) is 0 Å². The molecule has 0 unspecified atom stereocenters. The number of fused-ring (bicyclic) bond motifs is 1. The van der Waals surface area contributed by atoms with Crippen molar-refractivity contribution >= 4 is 11.8 Å². The van der Waals surface area contributed by atoms with Crippen molar-refractivity contribution < 1.29 is 0 Å². The SMILES string of the molecule is NCCc1ccc2c(c1)CCCS2. The zero-order valence-electron chi connectivity index (χ0n) is 7.75. The fourth-order valence-electron chi connectivity index (χ4n) is 1.74. The van der Waals surface area contributed by atoms with Crippen molar-refractivity contribution in [3.05, 3.63) is 29.3 Å². The van der Waals surface area contributed by atoms with Crippen LogP contribution in [0.25, 0.3) is 0 Å². The van der Waals surface area contributed by atoms with E-state index in [1.807, 2.05) is 11.8 Å². The van der Waals surface area contributed by atoms with Gasteiger partial charge >= 0.3 is 0 Å². The van der Waals surface area contributed by atoms with E-state index in [-0.39, 0.29) is 0 Å². The Morgan fingerprint density at radius 1 is 1.38 bits per heavy atom. The Labute approximate surface area is 83.7 Å². The molecule has 2 rings (SSSR count). The highest BCUT2D eigenvalue weighted by Crippen LogP contribution is 2.30. The van der Waals surface area contributed by atoms with E-state index in [2.05, 4.69) is 18.2 Å². The highest BCUT2D eigenvalue weighted by molar-refractivity contribution is 7.99. The molecule has 0 aromatic heterocycles. The minimum atomic E-state index is 0.756. The van der Waals surface area contributed by atoms with Crippen LogP contribution in [0.15, 0.2) is 23.1 Å². The van der Waals surface area contributed by atoms with Crippen molar-refractivity contribution in [2.45, 2.75) is 24.2 Å². The quantitative estimate of drug-likeness (QED) is 0.779. The molecule has 1 aliphatic heterocycles. The molecule has 13 heavy (non-hydrogen) atoms. The molecule has 0 spiro atoms. The van der Waals surface area contributed by atoms with Gasteiger partial charge in [0.15, 0.2) is 0 Å². The van der Waals surface area contributed by atoms with Crippen LogP contribution in [0.1, 0.15) is 17.5 Å². The Balaban J connectivity index is 2.24. The summed E-state index contributed by atoms with van der Waals surface area (Å²) in [5, 5.41) is 0. The summed E-state index contributed by atoms with van der Waals surface area (Å²) >= 11 is 1.98. The summed E-state index contributed by atoms with van der Waals surface area (Å²) in [4.78, 5) is 1.48. The summed E-state index contributed by atoms with van der Waals surface area (Å²) in [6.07, 6.45) is 3.59. The van der Waals surface area contributed by atoms with Gasteiger partial charge in [0.2, 0.25) is 0 Å². The van der Waals surface area contributed by atoms with E-state index in [4.69, 9.17) is 5.73 Å². The van der Waals surface area contributed by atoms with Crippen molar-refractivity contribution in [3.63, 3.8) is 0 Å². The smallest absolute Gasteiger partial charge is 0.0104 e. The molecule has 1 nitrogen and oxygen atoms in total. The van der Waals surface area contributed by atoms with E-state index in [1.54, 1.807) is 0 Å². The summed E-state index contributed by atoms with van der Waals surface area (Å²) in [6.45, 7) is 0.756. The van der Waals surface area contributed by atoms with Crippen LogP contribution >= 0.6 is 11.8 Å². The number of nitrogens with two attached hydrogens (primary N) is 1. The van der Waals surface area contributed by atoms with Crippen molar-refractivity contribution in [2.75, 3.05) is 12.3 Å². The molecule has 0 saturated carbocycles. The zero-order chi connectivity index (χ0) is 9.10. The summed E-state index contributed by atoms with van der Waals surface area (Å²) in [7, 11) is 0. The van der Waals surface area contributed by atoms with Gasteiger partial charge in [0, 0.05) is 4.90 Å². The Morgan fingerprint density at radius 3 is 3.15 bits per heavy atom. The molecule has 0 bridgehead atoms. The molecule has 0 fully saturated rings. The normalized spacial score (nSPS) is 15.5. The second-order valence-corrected chi connectivity index (χ2v) is 4.57. The lowest BCUT2D eigenvalue weighted by molar-refractivity contribution is 0.878. The fourth-order valence-corrected chi connectivity index (χ4v) is 2.76. The standard InChI is InChI=1S/C11H15NS/c12-6-5-9-3-4-11-10(8-9)2-1-7-13-11/h3-4,8H,1-2,5-7,12H2. The van der Waals surface area contributed by atoms with Crippen LogP contribution in [0.5, 0.6) is 0 Å². The van der Waals surface area contributed by atoms with Crippen LogP contribution in [-0.2, 0) is 12.8 Å². The number of benzene rings is 1. The van der Waals surface area contributed by atoms with Gasteiger partial charge in [-0.15, -0.1) is 11.8 Å². The van der Waals surface area contributed by atoms with Gasteiger partial charge in [0.05, 0.1) is 0 Å². The summed E-state index contributed by atoms with van der Waals surface area (Å²) in [6, 6.07) is 6.79. The van der Waals surface area contributed by atoms with E-state index >= 15 is 0 Å². The monoisotopic (exact) mass is 193 g/mol. The summed E-state index contributed by atoms with van der Waals surface area (Å²) in [5.74, 6) is 1.28. The van der Waals surface area contributed by atoms with E-state index in [0.717, 1.165) is 13.0 Å². The third kappa shape index (κ3) is 2.06. The molecule has 0 radical (unpaired) electrons. The average Bonchev–Trinajstić information content (AvgIpc) is 2.18. The molecule has 1 aliphatic rings. The molecule has 2 N–H and O–H groups in total. The van der Waals surface area contributed by atoms with Gasteiger partial charge in [-0.2, -0.15) is 0 Å². The highest BCUT2D eigenvalue weighted by atomic mass is 32.2. The van der Waals surface area contributed by atoms with E-state index < -0.39 is 0 Å². The maximum absolute atomic E-state index is 5.53. The third-order valence-electron chi connectivity index (χ3n) is 2.41. The largest absolute Gasteiger partial charge is 0.330 e. The average molecular weight is 193 g/mol. The van der Waals surface area contributed by atoms with Crippen LogP contribution in [0.2, 0.25) is 0 Å². The van der Waals surface area contributed by atoms with Crippen LogP contribution < -0.4 is 5.73 Å². The molecule has 2 heteroatoms. The number of hydrogen-bond acceptors (Lipinski definition) is 2. The molecule has 0 atom stereocenters. The summed E-state index contributed by atoms with van der Waals surface area (Å²) < 4.78 is 0. The first-order valence-electron chi connectivity index (χ1n) is 4.85. The molecule has 0 aliphatic carbocycles. The van der Waals surface area contributed by atoms with Crippen molar-refractivity contribution in [1.82, 2.24) is 0 Å². The first kappa shape index (κ1) is 9.10. The van der Waals surface area contributed by atoms with E-state index in [9.17, 15) is 0 Å². The first-order valence-corrected chi connectivity index (χ1v) is 5.83.